The Morgan fingerprint density at radius 2 is 1.74 bits per heavy atom. The summed E-state index contributed by atoms with van der Waals surface area (Å²) in [6.07, 6.45) is 2.20. The molecule has 1 aliphatic rings. The highest BCUT2D eigenvalue weighted by Crippen LogP contribution is 2.33. The van der Waals surface area contributed by atoms with Gasteiger partial charge in [0.05, 0.1) is 39.3 Å². The Balaban J connectivity index is 1.59. The van der Waals surface area contributed by atoms with Gasteiger partial charge in [-0.15, -0.1) is 0 Å². The molecule has 0 aliphatic carbocycles. The van der Waals surface area contributed by atoms with Gasteiger partial charge >= 0.3 is 0 Å². The SMILES string of the molecule is COc1cc(CNc2cc(C3OCCCO3)c3occc3c2)cc(OC)c1. The summed E-state index contributed by atoms with van der Waals surface area (Å²) in [6, 6.07) is 11.9. The third kappa shape index (κ3) is 3.86. The number of methoxy groups -OCH3 is 2. The van der Waals surface area contributed by atoms with Gasteiger partial charge in [-0.1, -0.05) is 0 Å². The van der Waals surface area contributed by atoms with E-state index in [0.717, 1.165) is 45.7 Å². The Morgan fingerprint density at radius 1 is 1.00 bits per heavy atom. The Hall–Kier alpha value is -2.70. The van der Waals surface area contributed by atoms with Crippen LogP contribution in [0.3, 0.4) is 0 Å². The molecule has 1 saturated heterocycles. The second kappa shape index (κ2) is 7.90. The zero-order chi connectivity index (χ0) is 18.6. The number of furan rings is 1. The van der Waals surface area contributed by atoms with E-state index in [1.165, 1.54) is 0 Å². The molecule has 1 aliphatic heterocycles. The van der Waals surface area contributed by atoms with E-state index in [9.17, 15) is 0 Å². The fourth-order valence-electron chi connectivity index (χ4n) is 3.23. The minimum Gasteiger partial charge on any atom is -0.497 e. The van der Waals surface area contributed by atoms with Gasteiger partial charge < -0.3 is 28.7 Å². The molecule has 4 rings (SSSR count). The van der Waals surface area contributed by atoms with Crippen LogP contribution < -0.4 is 14.8 Å². The molecule has 6 heteroatoms. The van der Waals surface area contributed by atoms with Crippen LogP contribution in [0.25, 0.3) is 11.0 Å². The normalized spacial score (nSPS) is 15.0. The third-order valence-corrected chi connectivity index (χ3v) is 4.57. The minimum absolute atomic E-state index is 0.397. The first-order chi connectivity index (χ1) is 13.3. The van der Waals surface area contributed by atoms with E-state index < -0.39 is 6.29 Å². The molecule has 27 heavy (non-hydrogen) atoms. The highest BCUT2D eigenvalue weighted by atomic mass is 16.7. The lowest BCUT2D eigenvalue weighted by molar-refractivity contribution is -0.182. The van der Waals surface area contributed by atoms with Crippen LogP contribution in [0.2, 0.25) is 0 Å². The van der Waals surface area contributed by atoms with Crippen LogP contribution in [0.4, 0.5) is 5.69 Å². The van der Waals surface area contributed by atoms with Crippen LogP contribution in [-0.4, -0.2) is 27.4 Å². The summed E-state index contributed by atoms with van der Waals surface area (Å²) in [6.45, 7) is 2.00. The van der Waals surface area contributed by atoms with Gasteiger partial charge in [-0.2, -0.15) is 0 Å². The Morgan fingerprint density at radius 3 is 2.44 bits per heavy atom. The van der Waals surface area contributed by atoms with Crippen molar-refractivity contribution in [2.75, 3.05) is 32.8 Å². The fourth-order valence-corrected chi connectivity index (χ4v) is 3.23. The monoisotopic (exact) mass is 369 g/mol. The molecule has 0 bridgehead atoms. The molecule has 0 radical (unpaired) electrons. The maximum Gasteiger partial charge on any atom is 0.187 e. The van der Waals surface area contributed by atoms with Gasteiger partial charge in [-0.25, -0.2) is 0 Å². The van der Waals surface area contributed by atoms with E-state index in [2.05, 4.69) is 11.4 Å². The Bertz CT molecular complexity index is 892. The highest BCUT2D eigenvalue weighted by Gasteiger charge is 2.21. The van der Waals surface area contributed by atoms with E-state index in [1.54, 1.807) is 20.5 Å². The van der Waals surface area contributed by atoms with E-state index >= 15 is 0 Å². The molecular formula is C21H23NO5. The standard InChI is InChI=1S/C21H23NO5/c1-23-17-8-14(9-18(12-17)24-2)13-22-16-10-15-4-7-25-20(15)19(11-16)21-26-5-3-6-27-21/h4,7-12,21-22H,3,5-6,13H2,1-2H3. The fraction of sp³-hybridized carbons (Fsp3) is 0.333. The van der Waals surface area contributed by atoms with Gasteiger partial charge in [-0.3, -0.25) is 0 Å². The van der Waals surface area contributed by atoms with Crippen molar-refractivity contribution in [3.8, 4) is 11.5 Å². The van der Waals surface area contributed by atoms with Crippen LogP contribution >= 0.6 is 0 Å². The molecule has 0 saturated carbocycles. The van der Waals surface area contributed by atoms with Crippen molar-refractivity contribution >= 4 is 16.7 Å². The first kappa shape index (κ1) is 17.7. The van der Waals surface area contributed by atoms with Crippen LogP contribution in [-0.2, 0) is 16.0 Å². The number of benzene rings is 2. The number of fused-ring (bicyclic) bond motifs is 1. The van der Waals surface area contributed by atoms with Gasteiger partial charge in [0.25, 0.3) is 0 Å². The largest absolute Gasteiger partial charge is 0.497 e. The first-order valence-electron chi connectivity index (χ1n) is 8.97. The van der Waals surface area contributed by atoms with Crippen LogP contribution in [0, 0.1) is 0 Å². The molecule has 1 fully saturated rings. The molecule has 2 aromatic carbocycles. The smallest absolute Gasteiger partial charge is 0.187 e. The zero-order valence-corrected chi connectivity index (χ0v) is 15.5. The molecule has 0 spiro atoms. The lowest BCUT2D eigenvalue weighted by Gasteiger charge is -2.24. The van der Waals surface area contributed by atoms with Crippen molar-refractivity contribution in [3.05, 3.63) is 53.8 Å². The number of ether oxygens (including phenoxy) is 4. The molecular weight excluding hydrogens is 346 g/mol. The lowest BCUT2D eigenvalue weighted by atomic mass is 10.1. The number of nitrogens with one attached hydrogen (secondary N) is 1. The summed E-state index contributed by atoms with van der Waals surface area (Å²) >= 11 is 0. The molecule has 6 nitrogen and oxygen atoms in total. The maximum atomic E-state index is 5.78. The second-order valence-electron chi connectivity index (χ2n) is 6.41. The summed E-state index contributed by atoms with van der Waals surface area (Å²) in [5.41, 5.74) is 3.74. The first-order valence-corrected chi connectivity index (χ1v) is 8.97. The zero-order valence-electron chi connectivity index (χ0n) is 15.5. The lowest BCUT2D eigenvalue weighted by Crippen LogP contribution is -2.18. The number of anilines is 1. The molecule has 3 aromatic rings. The van der Waals surface area contributed by atoms with Gasteiger partial charge in [0.2, 0.25) is 0 Å². The summed E-state index contributed by atoms with van der Waals surface area (Å²) in [5.74, 6) is 1.53. The van der Waals surface area contributed by atoms with Crippen molar-refractivity contribution in [1.82, 2.24) is 0 Å². The highest BCUT2D eigenvalue weighted by molar-refractivity contribution is 5.84. The van der Waals surface area contributed by atoms with Crippen LogP contribution in [0.5, 0.6) is 11.5 Å². The van der Waals surface area contributed by atoms with Gasteiger partial charge in [0, 0.05) is 23.7 Å². The molecule has 142 valence electrons. The van der Waals surface area contributed by atoms with Gasteiger partial charge in [-0.05, 0) is 42.3 Å². The predicted octanol–water partition coefficient (Wildman–Crippen LogP) is 4.50. The summed E-state index contributed by atoms with van der Waals surface area (Å²) < 4.78 is 27.9. The summed E-state index contributed by atoms with van der Waals surface area (Å²) in [4.78, 5) is 0. The topological polar surface area (TPSA) is 62.1 Å². The molecule has 1 N–H and O–H groups in total. The molecule has 1 aromatic heterocycles. The molecule has 0 amide bonds. The third-order valence-electron chi connectivity index (χ3n) is 4.57. The number of hydrogen-bond acceptors (Lipinski definition) is 6. The number of rotatable bonds is 6. The van der Waals surface area contributed by atoms with Crippen LogP contribution in [0.15, 0.2) is 47.1 Å². The van der Waals surface area contributed by atoms with Crippen molar-refractivity contribution in [3.63, 3.8) is 0 Å². The average Bonchev–Trinajstić information content (AvgIpc) is 3.20. The van der Waals surface area contributed by atoms with Crippen molar-refractivity contribution < 1.29 is 23.4 Å². The van der Waals surface area contributed by atoms with E-state index in [4.69, 9.17) is 23.4 Å². The van der Waals surface area contributed by atoms with E-state index in [0.29, 0.717) is 19.8 Å². The Labute approximate surface area is 158 Å². The molecule has 2 heterocycles. The minimum atomic E-state index is -0.397. The second-order valence-corrected chi connectivity index (χ2v) is 6.41. The van der Waals surface area contributed by atoms with E-state index in [1.807, 2.05) is 30.3 Å². The van der Waals surface area contributed by atoms with E-state index in [-0.39, 0.29) is 0 Å². The maximum absolute atomic E-state index is 5.78. The van der Waals surface area contributed by atoms with Gasteiger partial charge in [0.15, 0.2) is 6.29 Å². The van der Waals surface area contributed by atoms with Gasteiger partial charge in [0.1, 0.15) is 17.1 Å². The summed E-state index contributed by atoms with van der Waals surface area (Å²) in [5, 5.41) is 4.47. The predicted molar refractivity (Wildman–Crippen MR) is 102 cm³/mol. The summed E-state index contributed by atoms with van der Waals surface area (Å²) in [7, 11) is 3.30. The average molecular weight is 369 g/mol. The Kier molecular flexibility index (Phi) is 5.18. The van der Waals surface area contributed by atoms with Crippen LogP contribution in [0.1, 0.15) is 23.8 Å². The number of hydrogen-bond donors (Lipinski definition) is 1. The van der Waals surface area contributed by atoms with Crippen molar-refractivity contribution in [2.24, 2.45) is 0 Å². The molecule has 0 atom stereocenters. The van der Waals surface area contributed by atoms with Crippen molar-refractivity contribution in [2.45, 2.75) is 19.3 Å². The quantitative estimate of drug-likeness (QED) is 0.690. The van der Waals surface area contributed by atoms with Crippen molar-refractivity contribution in [1.29, 1.82) is 0 Å². The molecule has 0 unspecified atom stereocenters.